The molecule has 2 nitrogen and oxygen atoms in total. The Morgan fingerprint density at radius 2 is 2.22 bits per heavy atom. The zero-order valence-electron chi connectivity index (χ0n) is 10.5. The molecule has 1 aromatic rings. The quantitative estimate of drug-likeness (QED) is 0.725. The smallest absolute Gasteiger partial charge is 0.0843 e. The standard InChI is InChI=1S/C13H15ClN2.CH4S/c14-13-3-1-2-11-9(4-5-12(11)13)6-10-7-15-8-16-10;1-2/h1-3,7,9,15-16H,4-6,8H2;2H,1H3. The van der Waals surface area contributed by atoms with Gasteiger partial charge in [-0.3, -0.25) is 0 Å². The first-order valence-electron chi connectivity index (χ1n) is 6.23. The summed E-state index contributed by atoms with van der Waals surface area (Å²) in [6.45, 7) is 0.866. The lowest BCUT2D eigenvalue weighted by molar-refractivity contribution is 0.643. The highest BCUT2D eigenvalue weighted by atomic mass is 35.5. The molecule has 1 aliphatic heterocycles. The predicted molar refractivity (Wildman–Crippen MR) is 81.3 cm³/mol. The molecule has 0 aromatic heterocycles. The van der Waals surface area contributed by atoms with Crippen molar-refractivity contribution in [3.8, 4) is 0 Å². The SMILES string of the molecule is CS.Clc1cccc2c1CCC2CC1=CNCN1. The number of benzene rings is 1. The average molecular weight is 283 g/mol. The van der Waals surface area contributed by atoms with E-state index in [1.165, 1.54) is 23.2 Å². The van der Waals surface area contributed by atoms with Crippen molar-refractivity contribution in [2.45, 2.75) is 25.2 Å². The van der Waals surface area contributed by atoms with Gasteiger partial charge in [0.15, 0.2) is 0 Å². The van der Waals surface area contributed by atoms with Gasteiger partial charge in [-0.05, 0) is 48.6 Å². The van der Waals surface area contributed by atoms with Crippen molar-refractivity contribution >= 4 is 24.2 Å². The van der Waals surface area contributed by atoms with E-state index in [4.69, 9.17) is 11.6 Å². The van der Waals surface area contributed by atoms with Crippen LogP contribution in [-0.2, 0) is 6.42 Å². The van der Waals surface area contributed by atoms with Crippen LogP contribution in [0.5, 0.6) is 0 Å². The minimum absolute atomic E-state index is 0.632. The molecule has 3 rings (SSSR count). The summed E-state index contributed by atoms with van der Waals surface area (Å²) >= 11 is 9.74. The van der Waals surface area contributed by atoms with Crippen molar-refractivity contribution in [2.75, 3.05) is 12.9 Å². The van der Waals surface area contributed by atoms with Crippen molar-refractivity contribution in [3.05, 3.63) is 46.2 Å². The Morgan fingerprint density at radius 3 is 2.94 bits per heavy atom. The van der Waals surface area contributed by atoms with Crippen LogP contribution in [-0.4, -0.2) is 12.9 Å². The van der Waals surface area contributed by atoms with Gasteiger partial charge in [-0.15, -0.1) is 0 Å². The molecule has 0 radical (unpaired) electrons. The van der Waals surface area contributed by atoms with Crippen LogP contribution in [0.3, 0.4) is 0 Å². The van der Waals surface area contributed by atoms with E-state index < -0.39 is 0 Å². The van der Waals surface area contributed by atoms with E-state index in [-0.39, 0.29) is 0 Å². The fourth-order valence-electron chi connectivity index (χ4n) is 2.69. The van der Waals surface area contributed by atoms with Crippen molar-refractivity contribution in [1.82, 2.24) is 10.6 Å². The normalized spacial score (nSPS) is 20.2. The van der Waals surface area contributed by atoms with Crippen LogP contribution in [0.25, 0.3) is 0 Å². The minimum Gasteiger partial charge on any atom is -0.372 e. The molecule has 0 saturated heterocycles. The van der Waals surface area contributed by atoms with Gasteiger partial charge in [-0.25, -0.2) is 0 Å². The van der Waals surface area contributed by atoms with Gasteiger partial charge >= 0.3 is 0 Å². The van der Waals surface area contributed by atoms with Crippen LogP contribution in [0.2, 0.25) is 5.02 Å². The third-order valence-electron chi connectivity index (χ3n) is 3.50. The van der Waals surface area contributed by atoms with Gasteiger partial charge in [0.1, 0.15) is 0 Å². The first-order chi connectivity index (χ1) is 8.84. The Kier molecular flexibility index (Phi) is 4.84. The summed E-state index contributed by atoms with van der Waals surface area (Å²) < 4.78 is 0. The van der Waals surface area contributed by atoms with Crippen LogP contribution in [0.1, 0.15) is 29.9 Å². The maximum Gasteiger partial charge on any atom is 0.0843 e. The van der Waals surface area contributed by atoms with Gasteiger partial charge in [0.2, 0.25) is 0 Å². The number of hydrogen-bond donors (Lipinski definition) is 3. The Labute approximate surface area is 119 Å². The van der Waals surface area contributed by atoms with Crippen molar-refractivity contribution in [3.63, 3.8) is 0 Å². The zero-order chi connectivity index (χ0) is 13.0. The van der Waals surface area contributed by atoms with Crippen molar-refractivity contribution in [2.24, 2.45) is 0 Å². The lowest BCUT2D eigenvalue weighted by Crippen LogP contribution is -2.15. The maximum absolute atomic E-state index is 6.21. The van der Waals surface area contributed by atoms with Crippen LogP contribution in [0.4, 0.5) is 0 Å². The Morgan fingerprint density at radius 1 is 1.39 bits per heavy atom. The predicted octanol–water partition coefficient (Wildman–Crippen LogP) is 3.30. The van der Waals surface area contributed by atoms with Crippen LogP contribution < -0.4 is 10.6 Å². The Balaban J connectivity index is 0.000000574. The topological polar surface area (TPSA) is 24.1 Å². The maximum atomic E-state index is 6.21. The van der Waals surface area contributed by atoms with Crippen molar-refractivity contribution in [1.29, 1.82) is 0 Å². The number of rotatable bonds is 2. The third-order valence-corrected chi connectivity index (χ3v) is 3.85. The van der Waals surface area contributed by atoms with E-state index >= 15 is 0 Å². The molecule has 1 aliphatic carbocycles. The molecular weight excluding hydrogens is 264 g/mol. The summed E-state index contributed by atoms with van der Waals surface area (Å²) in [7, 11) is 0. The third kappa shape index (κ3) is 2.78. The van der Waals surface area contributed by atoms with Crippen LogP contribution in [0, 0.1) is 0 Å². The largest absolute Gasteiger partial charge is 0.372 e. The molecule has 0 saturated carbocycles. The average Bonchev–Trinajstić information content (AvgIpc) is 3.04. The monoisotopic (exact) mass is 282 g/mol. The van der Waals surface area contributed by atoms with Crippen LogP contribution in [0.15, 0.2) is 30.1 Å². The minimum atomic E-state index is 0.632. The molecule has 0 bridgehead atoms. The molecular formula is C14H19ClN2S. The lowest BCUT2D eigenvalue weighted by Gasteiger charge is -2.12. The van der Waals surface area contributed by atoms with E-state index in [0.29, 0.717) is 5.92 Å². The van der Waals surface area contributed by atoms with Gasteiger partial charge in [0.25, 0.3) is 0 Å². The molecule has 1 aromatic carbocycles. The molecule has 98 valence electrons. The Hall–Kier alpha value is -0.800. The number of nitrogens with one attached hydrogen (secondary N) is 2. The number of fused-ring (bicyclic) bond motifs is 1. The zero-order valence-corrected chi connectivity index (χ0v) is 12.2. The molecule has 1 atom stereocenters. The number of allylic oxidation sites excluding steroid dienone is 1. The van der Waals surface area contributed by atoms with Gasteiger partial charge in [-0.2, -0.15) is 12.6 Å². The van der Waals surface area contributed by atoms with Gasteiger partial charge < -0.3 is 10.6 Å². The molecule has 2 N–H and O–H groups in total. The Bertz CT molecular complexity index is 445. The van der Waals surface area contributed by atoms with E-state index in [2.05, 4.69) is 41.6 Å². The summed E-state index contributed by atoms with van der Waals surface area (Å²) in [6, 6.07) is 6.29. The highest BCUT2D eigenvalue weighted by Crippen LogP contribution is 2.39. The fourth-order valence-corrected chi connectivity index (χ4v) is 2.97. The second kappa shape index (κ2) is 6.39. The molecule has 4 heteroatoms. The number of hydrogen-bond acceptors (Lipinski definition) is 3. The first kappa shape index (κ1) is 13.6. The second-order valence-corrected chi connectivity index (χ2v) is 4.88. The lowest BCUT2D eigenvalue weighted by atomic mass is 9.96. The van der Waals surface area contributed by atoms with E-state index in [9.17, 15) is 0 Å². The van der Waals surface area contributed by atoms with Crippen molar-refractivity contribution < 1.29 is 0 Å². The highest BCUT2D eigenvalue weighted by Gasteiger charge is 2.25. The molecule has 0 spiro atoms. The molecule has 0 amide bonds. The summed E-state index contributed by atoms with van der Waals surface area (Å²) in [5.41, 5.74) is 4.13. The molecule has 2 aliphatic rings. The summed E-state index contributed by atoms with van der Waals surface area (Å²) in [6.07, 6.45) is 7.22. The van der Waals surface area contributed by atoms with E-state index in [1.54, 1.807) is 6.26 Å². The van der Waals surface area contributed by atoms with Gasteiger partial charge in [0, 0.05) is 16.9 Å². The molecule has 1 unspecified atom stereocenters. The van der Waals surface area contributed by atoms with Gasteiger partial charge in [0.05, 0.1) is 6.67 Å². The second-order valence-electron chi connectivity index (χ2n) is 4.47. The molecule has 0 fully saturated rings. The highest BCUT2D eigenvalue weighted by molar-refractivity contribution is 7.79. The summed E-state index contributed by atoms with van der Waals surface area (Å²) in [5, 5.41) is 7.46. The van der Waals surface area contributed by atoms with E-state index in [1.807, 2.05) is 6.07 Å². The number of thiol groups is 1. The van der Waals surface area contributed by atoms with Crippen LogP contribution >= 0.6 is 24.2 Å². The summed E-state index contributed by atoms with van der Waals surface area (Å²) in [5.74, 6) is 0.632. The van der Waals surface area contributed by atoms with Gasteiger partial charge in [-0.1, -0.05) is 23.7 Å². The molecule has 1 heterocycles. The number of halogens is 1. The molecule has 18 heavy (non-hydrogen) atoms. The first-order valence-corrected chi connectivity index (χ1v) is 7.50. The summed E-state index contributed by atoms with van der Waals surface area (Å²) in [4.78, 5) is 0. The fraction of sp³-hybridized carbons (Fsp3) is 0.429. The van der Waals surface area contributed by atoms with E-state index in [0.717, 1.165) is 24.5 Å².